The molecule has 0 amide bonds. The minimum atomic E-state index is -4.78. The highest BCUT2D eigenvalue weighted by Crippen LogP contribution is 2.30. The second-order valence-electron chi connectivity index (χ2n) is 2.80. The predicted octanol–water partition coefficient (Wildman–Crippen LogP) is 1.40. The first-order valence-corrected chi connectivity index (χ1v) is 4.08. The van der Waals surface area contributed by atoms with Gasteiger partial charge in [-0.25, -0.2) is 9.55 Å². The molecule has 1 aromatic heterocycles. The van der Waals surface area contributed by atoms with Crippen molar-refractivity contribution in [2.24, 2.45) is 0 Å². The molecule has 6 nitrogen and oxygen atoms in total. The molecule has 0 aliphatic heterocycles. The van der Waals surface area contributed by atoms with E-state index in [-0.39, 0.29) is 6.42 Å². The van der Waals surface area contributed by atoms with Gasteiger partial charge in [-0.3, -0.25) is 0 Å². The van der Waals surface area contributed by atoms with Crippen molar-refractivity contribution in [1.82, 2.24) is 9.55 Å². The average molecular weight is 237 g/mol. The number of aldehydes is 1. The third kappa shape index (κ3) is 2.35. The molecule has 1 rings (SSSR count). The van der Waals surface area contributed by atoms with Gasteiger partial charge in [0.05, 0.1) is 6.54 Å². The van der Waals surface area contributed by atoms with E-state index in [0.29, 0.717) is 17.1 Å². The van der Waals surface area contributed by atoms with Gasteiger partial charge in [0.2, 0.25) is 0 Å². The lowest BCUT2D eigenvalue weighted by molar-refractivity contribution is -0.392. The zero-order chi connectivity index (χ0) is 12.3. The van der Waals surface area contributed by atoms with Gasteiger partial charge in [-0.05, 0) is 4.92 Å². The number of halogens is 3. The molecule has 0 saturated carbocycles. The Hall–Kier alpha value is -1.93. The van der Waals surface area contributed by atoms with Crippen LogP contribution >= 0.6 is 0 Å². The van der Waals surface area contributed by atoms with Gasteiger partial charge in [-0.2, -0.15) is 13.2 Å². The quantitative estimate of drug-likeness (QED) is 0.450. The van der Waals surface area contributed by atoms with E-state index in [4.69, 9.17) is 0 Å². The summed E-state index contributed by atoms with van der Waals surface area (Å²) in [4.78, 5) is 22.4. The first-order chi connectivity index (χ1) is 7.38. The number of rotatable bonds is 4. The maximum absolute atomic E-state index is 12.4. The molecule has 0 aliphatic rings. The zero-order valence-corrected chi connectivity index (χ0v) is 7.77. The average Bonchev–Trinajstić information content (AvgIpc) is 2.57. The highest BCUT2D eigenvalue weighted by atomic mass is 19.4. The fourth-order valence-corrected chi connectivity index (χ4v) is 1.14. The van der Waals surface area contributed by atoms with Crippen LogP contribution in [0.2, 0.25) is 0 Å². The monoisotopic (exact) mass is 237 g/mol. The minimum absolute atomic E-state index is 0.250. The summed E-state index contributed by atoms with van der Waals surface area (Å²) in [7, 11) is 0. The van der Waals surface area contributed by atoms with E-state index in [9.17, 15) is 28.1 Å². The third-order valence-corrected chi connectivity index (χ3v) is 1.75. The topological polar surface area (TPSA) is 78.0 Å². The Kier molecular flexibility index (Phi) is 3.25. The minimum Gasteiger partial charge on any atom is -0.358 e. The number of alkyl halides is 3. The van der Waals surface area contributed by atoms with E-state index in [1.165, 1.54) is 0 Å². The van der Waals surface area contributed by atoms with Gasteiger partial charge in [0, 0.05) is 6.42 Å². The fourth-order valence-electron chi connectivity index (χ4n) is 1.14. The molecule has 88 valence electrons. The molecular weight excluding hydrogens is 231 g/mol. The number of carbonyl (C=O) groups is 1. The van der Waals surface area contributed by atoms with Crippen molar-refractivity contribution >= 4 is 12.1 Å². The van der Waals surface area contributed by atoms with Crippen molar-refractivity contribution in [3.63, 3.8) is 0 Å². The van der Waals surface area contributed by atoms with Crippen LogP contribution in [0.3, 0.4) is 0 Å². The third-order valence-electron chi connectivity index (χ3n) is 1.75. The Labute approximate surface area is 86.8 Å². The standard InChI is InChI=1S/C7H6F3N3O3/c8-7(9,10)6-11-4-5(13(15)16)12(6)2-1-3-14/h3-4H,1-2H2. The summed E-state index contributed by atoms with van der Waals surface area (Å²) in [6, 6.07) is 0. The first kappa shape index (κ1) is 12.1. The Morgan fingerprint density at radius 1 is 1.56 bits per heavy atom. The lowest BCUT2D eigenvalue weighted by atomic mass is 10.4. The van der Waals surface area contributed by atoms with Crippen molar-refractivity contribution in [2.75, 3.05) is 0 Å². The van der Waals surface area contributed by atoms with Crippen molar-refractivity contribution in [3.8, 4) is 0 Å². The molecule has 0 unspecified atom stereocenters. The van der Waals surface area contributed by atoms with Gasteiger partial charge in [0.15, 0.2) is 0 Å². The van der Waals surface area contributed by atoms with E-state index in [1.54, 1.807) is 0 Å². The highest BCUT2D eigenvalue weighted by Gasteiger charge is 2.42. The molecular formula is C7H6F3N3O3. The van der Waals surface area contributed by atoms with Crippen LogP contribution in [-0.2, 0) is 17.5 Å². The molecule has 0 atom stereocenters. The lowest BCUT2D eigenvalue weighted by Crippen LogP contribution is -2.16. The van der Waals surface area contributed by atoms with E-state index in [2.05, 4.69) is 4.98 Å². The van der Waals surface area contributed by atoms with Gasteiger partial charge in [-0.1, -0.05) is 0 Å². The van der Waals surface area contributed by atoms with Gasteiger partial charge in [0.25, 0.3) is 0 Å². The number of hydrogen-bond donors (Lipinski definition) is 0. The molecule has 0 spiro atoms. The molecule has 0 N–H and O–H groups in total. The molecule has 0 bridgehead atoms. The summed E-state index contributed by atoms with van der Waals surface area (Å²) in [5.41, 5.74) is 0. The maximum Gasteiger partial charge on any atom is 0.473 e. The molecule has 0 fully saturated rings. The van der Waals surface area contributed by atoms with Crippen LogP contribution in [0.25, 0.3) is 0 Å². The molecule has 0 saturated heterocycles. The van der Waals surface area contributed by atoms with E-state index < -0.39 is 29.3 Å². The highest BCUT2D eigenvalue weighted by molar-refractivity contribution is 5.49. The van der Waals surface area contributed by atoms with Gasteiger partial charge in [0.1, 0.15) is 12.5 Å². The van der Waals surface area contributed by atoms with Gasteiger partial charge >= 0.3 is 17.8 Å². The summed E-state index contributed by atoms with van der Waals surface area (Å²) in [5.74, 6) is -2.16. The van der Waals surface area contributed by atoms with Crippen LogP contribution in [0.1, 0.15) is 12.2 Å². The second kappa shape index (κ2) is 4.29. The first-order valence-electron chi connectivity index (χ1n) is 4.08. The molecule has 0 radical (unpaired) electrons. The molecule has 0 aromatic carbocycles. The van der Waals surface area contributed by atoms with Crippen LogP contribution in [0.4, 0.5) is 19.0 Å². The lowest BCUT2D eigenvalue weighted by Gasteiger charge is -2.05. The van der Waals surface area contributed by atoms with Crippen LogP contribution in [0.15, 0.2) is 6.20 Å². The fraction of sp³-hybridized carbons (Fsp3) is 0.429. The maximum atomic E-state index is 12.4. The number of carbonyl (C=O) groups excluding carboxylic acids is 1. The van der Waals surface area contributed by atoms with E-state index in [1.807, 2.05) is 0 Å². The molecule has 0 aliphatic carbocycles. The van der Waals surface area contributed by atoms with E-state index in [0.717, 1.165) is 0 Å². The molecule has 1 aromatic rings. The van der Waals surface area contributed by atoms with Crippen LogP contribution in [-0.4, -0.2) is 20.8 Å². The summed E-state index contributed by atoms with van der Waals surface area (Å²) in [6.45, 7) is -0.422. The number of aromatic nitrogens is 2. The van der Waals surface area contributed by atoms with Crippen molar-refractivity contribution < 1.29 is 22.9 Å². The van der Waals surface area contributed by atoms with Gasteiger partial charge < -0.3 is 14.9 Å². The summed E-state index contributed by atoms with van der Waals surface area (Å²) >= 11 is 0. The summed E-state index contributed by atoms with van der Waals surface area (Å²) in [6.07, 6.45) is -4.13. The van der Waals surface area contributed by atoms with Crippen molar-refractivity contribution in [3.05, 3.63) is 22.1 Å². The Morgan fingerprint density at radius 3 is 2.62 bits per heavy atom. The van der Waals surface area contributed by atoms with Gasteiger partial charge in [-0.15, -0.1) is 0 Å². The second-order valence-corrected chi connectivity index (χ2v) is 2.80. The summed E-state index contributed by atoms with van der Waals surface area (Å²) in [5, 5.41) is 10.4. The number of nitro groups is 1. The largest absolute Gasteiger partial charge is 0.473 e. The number of nitrogens with zero attached hydrogens (tertiary/aromatic N) is 3. The molecule has 16 heavy (non-hydrogen) atoms. The number of imidazole rings is 1. The Bertz CT molecular complexity index is 413. The predicted molar refractivity (Wildman–Crippen MR) is 44.6 cm³/mol. The van der Waals surface area contributed by atoms with Crippen LogP contribution in [0, 0.1) is 10.1 Å². The van der Waals surface area contributed by atoms with Crippen LogP contribution < -0.4 is 0 Å². The smallest absolute Gasteiger partial charge is 0.358 e. The zero-order valence-electron chi connectivity index (χ0n) is 7.77. The Morgan fingerprint density at radius 2 is 2.19 bits per heavy atom. The van der Waals surface area contributed by atoms with E-state index >= 15 is 0 Å². The Balaban J connectivity index is 3.19. The van der Waals surface area contributed by atoms with Crippen LogP contribution in [0.5, 0.6) is 0 Å². The summed E-state index contributed by atoms with van der Waals surface area (Å²) < 4.78 is 37.4. The normalized spacial score (nSPS) is 11.4. The molecule has 1 heterocycles. The molecule has 9 heteroatoms. The SMILES string of the molecule is O=CCCn1c([N+](=O)[O-])cnc1C(F)(F)F. The van der Waals surface area contributed by atoms with Crippen molar-refractivity contribution in [1.29, 1.82) is 0 Å². The number of hydrogen-bond acceptors (Lipinski definition) is 4. The van der Waals surface area contributed by atoms with Crippen molar-refractivity contribution in [2.45, 2.75) is 19.1 Å².